The summed E-state index contributed by atoms with van der Waals surface area (Å²) in [6, 6.07) is 80.4. The average molecular weight is 893 g/mol. The fourth-order valence-electron chi connectivity index (χ4n) is 9.52. The zero-order valence-corrected chi connectivity index (χ0v) is 40.9. The third-order valence-corrected chi connectivity index (χ3v) is 13.4. The third kappa shape index (κ3) is 9.71. The molecular weight excluding hydrogens is 833 g/mol. The number of aromatic nitrogens is 2. The van der Waals surface area contributed by atoms with Gasteiger partial charge >= 0.3 is 0 Å². The highest BCUT2D eigenvalue weighted by molar-refractivity contribution is 5.87. The van der Waals surface area contributed by atoms with Crippen LogP contribution in [0.4, 0.5) is 0 Å². The molecule has 2 heteroatoms. The lowest BCUT2D eigenvalue weighted by Crippen LogP contribution is -2.28. The number of para-hydroxylation sites is 2. The van der Waals surface area contributed by atoms with E-state index < -0.39 is 0 Å². The second-order valence-electron chi connectivity index (χ2n) is 18.5. The van der Waals surface area contributed by atoms with Crippen LogP contribution in [0.25, 0.3) is 50.4 Å². The summed E-state index contributed by atoms with van der Waals surface area (Å²) in [5, 5.41) is 0. The molecule has 0 saturated carbocycles. The van der Waals surface area contributed by atoms with E-state index in [2.05, 4.69) is 259 Å². The Bertz CT molecular complexity index is 3340. The first-order valence-electron chi connectivity index (χ1n) is 24.0. The van der Waals surface area contributed by atoms with E-state index in [1.807, 2.05) is 30.3 Å². The number of hydrogen-bond acceptors (Lipinski definition) is 1. The number of benzene rings is 9. The molecule has 11 rings (SSSR count). The number of fused-ring (bicyclic) bond motifs is 4. The van der Waals surface area contributed by atoms with Gasteiger partial charge < -0.3 is 0 Å². The zero-order valence-electron chi connectivity index (χ0n) is 40.9. The Morgan fingerprint density at radius 3 is 1.45 bits per heavy atom. The third-order valence-electron chi connectivity index (χ3n) is 13.4. The Morgan fingerprint density at radius 2 is 0.870 bits per heavy atom. The Kier molecular flexibility index (Phi) is 13.6. The van der Waals surface area contributed by atoms with Crippen molar-refractivity contribution in [3.8, 4) is 28.2 Å². The molecule has 0 amide bonds. The molecule has 0 radical (unpaired) electrons. The second-order valence-corrected chi connectivity index (χ2v) is 18.5. The van der Waals surface area contributed by atoms with Crippen LogP contribution >= 0.6 is 0 Å². The van der Waals surface area contributed by atoms with Gasteiger partial charge in [-0.25, -0.2) is 4.98 Å². The summed E-state index contributed by atoms with van der Waals surface area (Å²) in [6.07, 6.45) is 4.39. The van der Waals surface area contributed by atoms with Gasteiger partial charge in [-0.3, -0.25) is 4.57 Å². The minimum absolute atomic E-state index is 0.278. The minimum atomic E-state index is -0.278. The van der Waals surface area contributed by atoms with E-state index in [-0.39, 0.29) is 5.41 Å². The van der Waals surface area contributed by atoms with Crippen LogP contribution < -0.4 is 0 Å². The van der Waals surface area contributed by atoms with Crippen molar-refractivity contribution >= 4 is 22.2 Å². The monoisotopic (exact) mass is 892 g/mol. The van der Waals surface area contributed by atoms with Crippen LogP contribution in [0.15, 0.2) is 237 Å². The zero-order chi connectivity index (χ0) is 47.9. The summed E-state index contributed by atoms with van der Waals surface area (Å²) in [6.45, 7) is 15.0. The first kappa shape index (κ1) is 46.1. The molecule has 0 aliphatic heterocycles. The normalized spacial score (nSPS) is 12.6. The largest absolute Gasteiger partial charge is 0.292 e. The van der Waals surface area contributed by atoms with Gasteiger partial charge in [0.2, 0.25) is 0 Å². The lowest BCUT2D eigenvalue weighted by molar-refractivity contribution is 0.766. The summed E-state index contributed by atoms with van der Waals surface area (Å²) >= 11 is 0. The maximum Gasteiger partial charge on any atom is 0.145 e. The molecule has 1 aliphatic rings. The summed E-state index contributed by atoms with van der Waals surface area (Å²) in [4.78, 5) is 4.97. The van der Waals surface area contributed by atoms with Crippen LogP contribution in [-0.4, -0.2) is 9.55 Å². The van der Waals surface area contributed by atoms with Crippen LogP contribution in [0.1, 0.15) is 75.0 Å². The molecule has 338 valence electrons. The second kappa shape index (κ2) is 20.4. The quantitative estimate of drug-likeness (QED) is 0.146. The van der Waals surface area contributed by atoms with E-state index in [1.54, 1.807) is 0 Å². The van der Waals surface area contributed by atoms with Gasteiger partial charge in [-0.1, -0.05) is 240 Å². The number of aryl methyl sites for hydroxylation is 5. The van der Waals surface area contributed by atoms with Crippen molar-refractivity contribution in [2.24, 2.45) is 0 Å². The topological polar surface area (TPSA) is 17.8 Å². The van der Waals surface area contributed by atoms with E-state index in [1.165, 1.54) is 83.5 Å². The lowest BCUT2D eigenvalue weighted by atomic mass is 9.67. The van der Waals surface area contributed by atoms with Gasteiger partial charge in [0.15, 0.2) is 0 Å². The van der Waals surface area contributed by atoms with E-state index in [9.17, 15) is 0 Å². The Labute approximate surface area is 409 Å². The van der Waals surface area contributed by atoms with Crippen molar-refractivity contribution in [2.75, 3.05) is 0 Å². The van der Waals surface area contributed by atoms with Crippen LogP contribution in [0, 0.1) is 34.6 Å². The van der Waals surface area contributed by atoms with Crippen molar-refractivity contribution in [1.82, 2.24) is 9.55 Å². The Hall–Kier alpha value is -8.07. The molecule has 0 saturated heterocycles. The van der Waals surface area contributed by atoms with E-state index in [0.29, 0.717) is 0 Å². The van der Waals surface area contributed by atoms with Gasteiger partial charge in [-0.05, 0) is 128 Å². The smallest absolute Gasteiger partial charge is 0.145 e. The van der Waals surface area contributed by atoms with Crippen molar-refractivity contribution in [3.63, 3.8) is 0 Å². The fourth-order valence-corrected chi connectivity index (χ4v) is 9.52. The molecule has 2 nitrogen and oxygen atoms in total. The van der Waals surface area contributed by atoms with Crippen LogP contribution in [0.3, 0.4) is 0 Å². The van der Waals surface area contributed by atoms with Crippen molar-refractivity contribution in [3.05, 3.63) is 298 Å². The van der Waals surface area contributed by atoms with Gasteiger partial charge in [0.25, 0.3) is 0 Å². The van der Waals surface area contributed by atoms with Gasteiger partial charge in [-0.2, -0.15) is 0 Å². The predicted molar refractivity (Wildman–Crippen MR) is 294 cm³/mol. The highest BCUT2D eigenvalue weighted by Gasteiger charge is 2.46. The molecule has 1 heterocycles. The number of rotatable bonds is 7. The first-order chi connectivity index (χ1) is 33.6. The molecule has 10 aromatic rings. The van der Waals surface area contributed by atoms with E-state index in [4.69, 9.17) is 4.98 Å². The van der Waals surface area contributed by atoms with Gasteiger partial charge in [-0.15, -0.1) is 0 Å². The fraction of sp³-hybridized carbons (Fsp3) is 0.119. The Balaban J connectivity index is 0.000000152. The molecule has 0 spiro atoms. The van der Waals surface area contributed by atoms with Gasteiger partial charge in [0.1, 0.15) is 5.82 Å². The molecule has 0 atom stereocenters. The van der Waals surface area contributed by atoms with Crippen molar-refractivity contribution in [2.45, 2.75) is 53.9 Å². The number of nitrogens with zero attached hydrogens (tertiary/aromatic N) is 2. The minimum Gasteiger partial charge on any atom is -0.292 e. The summed E-state index contributed by atoms with van der Waals surface area (Å²) in [7, 11) is 0. The van der Waals surface area contributed by atoms with Crippen molar-refractivity contribution < 1.29 is 0 Å². The van der Waals surface area contributed by atoms with Gasteiger partial charge in [0.05, 0.1) is 16.4 Å². The number of allylic oxidation sites excluding steroid dienone is 4. The molecule has 0 N–H and O–H groups in total. The molecule has 1 aromatic heterocycles. The summed E-state index contributed by atoms with van der Waals surface area (Å²) in [5.74, 6) is 0.961. The van der Waals surface area contributed by atoms with E-state index >= 15 is 0 Å². The predicted octanol–water partition coefficient (Wildman–Crippen LogP) is 17.5. The highest BCUT2D eigenvalue weighted by Crippen LogP contribution is 2.56. The summed E-state index contributed by atoms with van der Waals surface area (Å²) in [5.41, 5.74) is 23.6. The molecule has 9 aromatic carbocycles. The maximum absolute atomic E-state index is 4.97. The molecule has 1 aliphatic carbocycles. The Morgan fingerprint density at radius 1 is 0.406 bits per heavy atom. The lowest BCUT2D eigenvalue weighted by Gasteiger charge is -2.34. The molecule has 0 unspecified atom stereocenters. The van der Waals surface area contributed by atoms with Crippen LogP contribution in [0.5, 0.6) is 0 Å². The summed E-state index contributed by atoms with van der Waals surface area (Å²) < 4.78 is 2.25. The highest BCUT2D eigenvalue weighted by atomic mass is 15.1. The first-order valence-corrected chi connectivity index (χ1v) is 24.0. The van der Waals surface area contributed by atoms with Crippen LogP contribution in [-0.2, 0) is 5.41 Å². The van der Waals surface area contributed by atoms with Crippen molar-refractivity contribution in [1.29, 1.82) is 0 Å². The van der Waals surface area contributed by atoms with Gasteiger partial charge in [0, 0.05) is 11.3 Å². The van der Waals surface area contributed by atoms with Crippen LogP contribution in [0.2, 0.25) is 0 Å². The molecule has 69 heavy (non-hydrogen) atoms. The SMILES string of the molecule is C/C(=C\C=C(/C)c1ccc(-n2c(-c3ccc(C)cc3)nc3ccccc32)cc1)c1ccccc1.Cc1ccc(C2(c3ccc(C)cc3)c3ccccc3-c3ccc(C)cc32)cc1.Cc1ccccc1. The number of imidazole rings is 1. The molecule has 0 fully saturated rings. The standard InChI is InChI=1S/C32H28N2.C28H24.C7H8/c1-23-13-17-28(18-14-23)32-33-30-11-7-8-12-31(30)34(32)29-21-19-27(20-22-29)25(3)16-15-24(2)26-9-5-4-6-10-26;1-19-8-13-22(14-9-19)28(23-15-10-20(2)11-16-23)26-7-5-4-6-24(26)25-17-12-21(3)18-27(25)28;1-7-5-3-2-4-6-7/h4-22H,1-3H3;4-18H,1-3H3;2-6H,1H3/b24-15+,25-16+;;. The molecular formula is C67H60N2. The maximum atomic E-state index is 4.97. The van der Waals surface area contributed by atoms with E-state index in [0.717, 1.165) is 28.1 Å². The number of hydrogen-bond donors (Lipinski definition) is 0. The average Bonchev–Trinajstić information content (AvgIpc) is 3.91. The molecule has 0 bridgehead atoms.